The summed E-state index contributed by atoms with van der Waals surface area (Å²) in [7, 11) is -3.38. The fraction of sp³-hybridized carbons (Fsp3) is 0.455. The van der Waals surface area contributed by atoms with Crippen LogP contribution in [0.25, 0.3) is 0 Å². The van der Waals surface area contributed by atoms with Crippen molar-refractivity contribution in [3.63, 3.8) is 0 Å². The van der Waals surface area contributed by atoms with E-state index in [9.17, 15) is 30.4 Å². The first-order chi connectivity index (χ1) is 9.25. The maximum absolute atomic E-state index is 13.3. The predicted octanol–water partition coefficient (Wildman–Crippen LogP) is 2.37. The summed E-state index contributed by atoms with van der Waals surface area (Å²) in [5.41, 5.74) is -1.21. The summed E-state index contributed by atoms with van der Waals surface area (Å²) >= 11 is 0. The average molecular weight is 315 g/mol. The van der Waals surface area contributed by atoms with Crippen molar-refractivity contribution in [3.05, 3.63) is 29.1 Å². The highest BCUT2D eigenvalue weighted by molar-refractivity contribution is 7.92. The first-order valence-corrected chi connectivity index (χ1v) is 7.44. The highest BCUT2D eigenvalue weighted by atomic mass is 32.2. The molecule has 1 unspecified atom stereocenters. The lowest BCUT2D eigenvalue weighted by molar-refractivity contribution is 0.381. The van der Waals surface area contributed by atoms with Gasteiger partial charge >= 0.3 is 0 Å². The van der Waals surface area contributed by atoms with E-state index in [-0.39, 0.29) is 12.2 Å². The molecule has 0 aliphatic carbocycles. The zero-order valence-corrected chi connectivity index (χ0v) is 10.8. The average Bonchev–Trinajstić information content (AvgIpc) is 2.73. The molecule has 0 radical (unpaired) electrons. The quantitative estimate of drug-likeness (QED) is 0.529. The molecule has 1 heterocycles. The van der Waals surface area contributed by atoms with Crippen molar-refractivity contribution in [1.29, 1.82) is 0 Å². The molecular formula is C11H10F5NO2S. The van der Waals surface area contributed by atoms with E-state index >= 15 is 0 Å². The summed E-state index contributed by atoms with van der Waals surface area (Å²) in [6, 6.07) is 0. The number of nitrogens with one attached hydrogen (secondary N) is 1. The van der Waals surface area contributed by atoms with Crippen LogP contribution in [0.1, 0.15) is 12.8 Å². The van der Waals surface area contributed by atoms with Gasteiger partial charge in [-0.2, -0.15) is 0 Å². The third-order valence-electron chi connectivity index (χ3n) is 3.18. The summed E-state index contributed by atoms with van der Waals surface area (Å²) in [6.45, 7) is -0.402. The van der Waals surface area contributed by atoms with Gasteiger partial charge in [-0.05, 0) is 12.8 Å². The van der Waals surface area contributed by atoms with Crippen molar-refractivity contribution >= 4 is 15.5 Å². The summed E-state index contributed by atoms with van der Waals surface area (Å²) in [5.74, 6) is -10.4. The Balaban J connectivity index is 2.27. The number of sulfone groups is 1. The Kier molecular flexibility index (Phi) is 3.90. The number of hydrogen-bond donors (Lipinski definition) is 1. The molecule has 9 heteroatoms. The molecule has 0 bridgehead atoms. The van der Waals surface area contributed by atoms with Crippen molar-refractivity contribution in [2.75, 3.05) is 17.6 Å². The monoisotopic (exact) mass is 315 g/mol. The number of anilines is 1. The first-order valence-electron chi connectivity index (χ1n) is 5.72. The van der Waals surface area contributed by atoms with Crippen molar-refractivity contribution in [2.45, 2.75) is 18.1 Å². The molecule has 112 valence electrons. The van der Waals surface area contributed by atoms with Crippen LogP contribution in [0.4, 0.5) is 27.6 Å². The highest BCUT2D eigenvalue weighted by Crippen LogP contribution is 2.28. The minimum Gasteiger partial charge on any atom is -0.379 e. The van der Waals surface area contributed by atoms with Crippen molar-refractivity contribution in [2.24, 2.45) is 0 Å². The predicted molar refractivity (Wildman–Crippen MR) is 61.5 cm³/mol. The first kappa shape index (κ1) is 15.0. The SMILES string of the molecule is O=S1(=O)CCCC1CNc1c(F)c(F)c(F)c(F)c1F. The van der Waals surface area contributed by atoms with Crippen LogP contribution in [-0.2, 0) is 9.84 Å². The Morgan fingerprint density at radius 3 is 1.90 bits per heavy atom. The van der Waals surface area contributed by atoms with Gasteiger partial charge in [0.1, 0.15) is 5.69 Å². The molecule has 1 saturated heterocycles. The van der Waals surface area contributed by atoms with Gasteiger partial charge < -0.3 is 5.32 Å². The molecule has 1 fully saturated rings. The molecule has 0 amide bonds. The van der Waals surface area contributed by atoms with Gasteiger partial charge in [-0.15, -0.1) is 0 Å². The smallest absolute Gasteiger partial charge is 0.200 e. The maximum atomic E-state index is 13.3. The normalized spacial score (nSPS) is 21.1. The van der Waals surface area contributed by atoms with Gasteiger partial charge in [0.15, 0.2) is 33.1 Å². The molecular weight excluding hydrogens is 305 g/mol. The Morgan fingerprint density at radius 2 is 1.45 bits per heavy atom. The summed E-state index contributed by atoms with van der Waals surface area (Å²) in [4.78, 5) is 0. The van der Waals surface area contributed by atoms with Gasteiger partial charge in [0.25, 0.3) is 0 Å². The van der Waals surface area contributed by atoms with Crippen LogP contribution in [0.5, 0.6) is 0 Å². The summed E-state index contributed by atoms with van der Waals surface area (Å²) in [6.07, 6.45) is 0.691. The van der Waals surface area contributed by atoms with Gasteiger partial charge in [-0.25, -0.2) is 30.4 Å². The molecule has 20 heavy (non-hydrogen) atoms. The molecule has 1 atom stereocenters. The second-order valence-electron chi connectivity index (χ2n) is 4.46. The van der Waals surface area contributed by atoms with Gasteiger partial charge in [0.05, 0.1) is 11.0 Å². The van der Waals surface area contributed by atoms with Gasteiger partial charge in [-0.3, -0.25) is 0 Å². The fourth-order valence-corrected chi connectivity index (χ4v) is 3.83. The van der Waals surface area contributed by atoms with Crippen LogP contribution in [-0.4, -0.2) is 26.0 Å². The third-order valence-corrected chi connectivity index (χ3v) is 5.45. The molecule has 2 rings (SSSR count). The van der Waals surface area contributed by atoms with E-state index in [2.05, 4.69) is 0 Å². The van der Waals surface area contributed by atoms with E-state index in [0.29, 0.717) is 6.42 Å². The Hall–Kier alpha value is -1.38. The molecule has 1 aromatic rings. The van der Waals surface area contributed by atoms with E-state index in [1.807, 2.05) is 5.32 Å². The zero-order valence-electron chi connectivity index (χ0n) is 10.0. The number of halogens is 5. The molecule has 1 aliphatic rings. The zero-order chi connectivity index (χ0) is 15.1. The second-order valence-corrected chi connectivity index (χ2v) is 6.86. The van der Waals surface area contributed by atoms with E-state index in [4.69, 9.17) is 0 Å². The minimum absolute atomic E-state index is 0.0452. The van der Waals surface area contributed by atoms with E-state index in [0.717, 1.165) is 0 Å². The number of benzene rings is 1. The highest BCUT2D eigenvalue weighted by Gasteiger charge is 2.32. The van der Waals surface area contributed by atoms with Crippen LogP contribution in [0.15, 0.2) is 0 Å². The van der Waals surface area contributed by atoms with Gasteiger partial charge in [0.2, 0.25) is 5.82 Å². The van der Waals surface area contributed by atoms with Gasteiger partial charge in [0, 0.05) is 6.54 Å². The standard InChI is InChI=1S/C11H10F5NO2S/c12-6-7(13)9(15)11(10(16)8(6)14)17-4-5-2-1-3-20(5,18)19/h5,17H,1-4H2. The van der Waals surface area contributed by atoms with Crippen LogP contribution in [0.3, 0.4) is 0 Å². The van der Waals surface area contributed by atoms with E-state index in [1.54, 1.807) is 0 Å². The Morgan fingerprint density at radius 1 is 0.950 bits per heavy atom. The molecule has 1 aliphatic heterocycles. The molecule has 0 saturated carbocycles. The van der Waals surface area contributed by atoms with E-state index < -0.39 is 56.4 Å². The topological polar surface area (TPSA) is 46.2 Å². The van der Waals surface area contributed by atoms with Crippen molar-refractivity contribution in [1.82, 2.24) is 0 Å². The van der Waals surface area contributed by atoms with Gasteiger partial charge in [-0.1, -0.05) is 0 Å². The number of hydrogen-bond acceptors (Lipinski definition) is 3. The Labute approximate surface area is 111 Å². The number of rotatable bonds is 3. The lowest BCUT2D eigenvalue weighted by Crippen LogP contribution is -2.26. The Bertz CT molecular complexity index is 618. The molecule has 1 N–H and O–H groups in total. The molecule has 1 aromatic carbocycles. The molecule has 3 nitrogen and oxygen atoms in total. The lowest BCUT2D eigenvalue weighted by atomic mass is 10.2. The maximum Gasteiger partial charge on any atom is 0.200 e. The van der Waals surface area contributed by atoms with Crippen molar-refractivity contribution < 1.29 is 30.4 Å². The summed E-state index contributed by atoms with van der Waals surface area (Å²) in [5, 5.41) is 1.12. The van der Waals surface area contributed by atoms with Crippen LogP contribution < -0.4 is 5.32 Å². The lowest BCUT2D eigenvalue weighted by Gasteiger charge is -2.14. The second kappa shape index (κ2) is 5.19. The largest absolute Gasteiger partial charge is 0.379 e. The summed E-state index contributed by atoms with van der Waals surface area (Å²) < 4.78 is 88.4. The van der Waals surface area contributed by atoms with Crippen molar-refractivity contribution in [3.8, 4) is 0 Å². The molecule has 0 spiro atoms. The third kappa shape index (κ3) is 2.46. The van der Waals surface area contributed by atoms with Crippen LogP contribution >= 0.6 is 0 Å². The fourth-order valence-electron chi connectivity index (χ4n) is 2.06. The molecule has 0 aromatic heterocycles. The van der Waals surface area contributed by atoms with Crippen LogP contribution in [0, 0.1) is 29.1 Å². The minimum atomic E-state index is -3.38. The van der Waals surface area contributed by atoms with E-state index in [1.165, 1.54) is 0 Å². The van der Waals surface area contributed by atoms with Crippen LogP contribution in [0.2, 0.25) is 0 Å².